The lowest BCUT2D eigenvalue weighted by Crippen LogP contribution is -2.23. The molecule has 7 heteroatoms. The number of aliphatic hydroxyl groups excluding tert-OH is 1. The minimum Gasteiger partial charge on any atom is -0.460 e. The third-order valence-corrected chi connectivity index (χ3v) is 4.19. The van der Waals surface area contributed by atoms with Crippen LogP contribution in [0.5, 0.6) is 0 Å². The van der Waals surface area contributed by atoms with Crippen LogP contribution in [0.15, 0.2) is 12.2 Å². The van der Waals surface area contributed by atoms with Crippen molar-refractivity contribution >= 4 is 13.6 Å². The summed E-state index contributed by atoms with van der Waals surface area (Å²) in [4.78, 5) is 11.2. The fourth-order valence-corrected chi connectivity index (χ4v) is 3.04. The molecule has 0 saturated heterocycles. The molecule has 0 saturated carbocycles. The third-order valence-electron chi connectivity index (χ3n) is 2.17. The third kappa shape index (κ3) is 8.48. The van der Waals surface area contributed by atoms with Gasteiger partial charge >= 0.3 is 13.6 Å². The Morgan fingerprint density at radius 1 is 1.25 bits per heavy atom. The molecule has 0 rings (SSSR count). The van der Waals surface area contributed by atoms with E-state index in [-0.39, 0.29) is 18.3 Å². The molecule has 0 aliphatic rings. The molecule has 118 valence electrons. The van der Waals surface area contributed by atoms with Gasteiger partial charge in [-0.05, 0) is 19.8 Å². The van der Waals surface area contributed by atoms with Gasteiger partial charge in [0.25, 0.3) is 0 Å². The second kappa shape index (κ2) is 10.1. The van der Waals surface area contributed by atoms with E-state index >= 15 is 0 Å². The average Bonchev–Trinajstić information content (AvgIpc) is 2.40. The highest BCUT2D eigenvalue weighted by Gasteiger charge is 2.28. The normalized spacial score (nSPS) is 13.0. The standard InChI is InChI=1S/C13H25O6P/c1-5-7-18-20(16,19-8-6-2)10-12(14)9-17-13(15)11(3)4/h12,14H,3,5-10H2,1-2,4H3. The number of hydrogen-bond donors (Lipinski definition) is 1. The molecule has 1 unspecified atom stereocenters. The molecule has 0 aromatic rings. The maximum absolute atomic E-state index is 12.4. The maximum atomic E-state index is 12.4. The van der Waals surface area contributed by atoms with Crippen molar-refractivity contribution in [2.75, 3.05) is 26.0 Å². The van der Waals surface area contributed by atoms with Gasteiger partial charge < -0.3 is 18.9 Å². The van der Waals surface area contributed by atoms with Crippen LogP contribution in [0.4, 0.5) is 0 Å². The van der Waals surface area contributed by atoms with Gasteiger partial charge in [-0.3, -0.25) is 4.57 Å². The molecule has 0 spiro atoms. The molecule has 0 aromatic heterocycles. The van der Waals surface area contributed by atoms with Crippen molar-refractivity contribution in [2.45, 2.75) is 39.7 Å². The quantitative estimate of drug-likeness (QED) is 0.359. The van der Waals surface area contributed by atoms with Gasteiger partial charge in [0.2, 0.25) is 0 Å². The maximum Gasteiger partial charge on any atom is 0.333 e. The number of ether oxygens (including phenoxy) is 1. The highest BCUT2D eigenvalue weighted by Crippen LogP contribution is 2.48. The van der Waals surface area contributed by atoms with Gasteiger partial charge in [0.15, 0.2) is 0 Å². The monoisotopic (exact) mass is 308 g/mol. The Hall–Kier alpha value is -0.680. The summed E-state index contributed by atoms with van der Waals surface area (Å²) in [5, 5.41) is 9.78. The summed E-state index contributed by atoms with van der Waals surface area (Å²) in [5.74, 6) is -0.595. The first kappa shape index (κ1) is 19.3. The number of esters is 1. The molecule has 0 aliphatic carbocycles. The summed E-state index contributed by atoms with van der Waals surface area (Å²) in [5.41, 5.74) is 0.241. The predicted molar refractivity (Wildman–Crippen MR) is 76.7 cm³/mol. The van der Waals surface area contributed by atoms with E-state index in [4.69, 9.17) is 13.8 Å². The summed E-state index contributed by atoms with van der Waals surface area (Å²) < 4.78 is 27.6. The average molecular weight is 308 g/mol. The van der Waals surface area contributed by atoms with Crippen molar-refractivity contribution in [3.63, 3.8) is 0 Å². The lowest BCUT2D eigenvalue weighted by Gasteiger charge is -2.20. The summed E-state index contributed by atoms with van der Waals surface area (Å²) in [7, 11) is -3.36. The minimum absolute atomic E-state index is 0.198. The lowest BCUT2D eigenvalue weighted by molar-refractivity contribution is -0.141. The molecule has 20 heavy (non-hydrogen) atoms. The molecule has 0 aliphatic heterocycles. The molecule has 0 amide bonds. The Morgan fingerprint density at radius 3 is 2.15 bits per heavy atom. The van der Waals surface area contributed by atoms with Gasteiger partial charge in [-0.25, -0.2) is 4.79 Å². The van der Waals surface area contributed by atoms with E-state index in [1.807, 2.05) is 13.8 Å². The van der Waals surface area contributed by atoms with Gasteiger partial charge in [-0.15, -0.1) is 0 Å². The van der Waals surface area contributed by atoms with Crippen molar-refractivity contribution < 1.29 is 28.3 Å². The first-order valence-electron chi connectivity index (χ1n) is 6.73. The van der Waals surface area contributed by atoms with Gasteiger partial charge in [-0.1, -0.05) is 20.4 Å². The van der Waals surface area contributed by atoms with Crippen molar-refractivity contribution in [3.8, 4) is 0 Å². The molecule has 0 fully saturated rings. The Morgan fingerprint density at radius 2 is 1.75 bits per heavy atom. The second-order valence-electron chi connectivity index (χ2n) is 4.49. The fraction of sp³-hybridized carbons (Fsp3) is 0.769. The van der Waals surface area contributed by atoms with Crippen molar-refractivity contribution in [3.05, 3.63) is 12.2 Å². The van der Waals surface area contributed by atoms with Crippen LogP contribution in [0.1, 0.15) is 33.6 Å². The largest absolute Gasteiger partial charge is 0.460 e. The summed E-state index contributed by atoms with van der Waals surface area (Å²) in [6.07, 6.45) is 0.0922. The molecule has 0 radical (unpaired) electrons. The topological polar surface area (TPSA) is 82.1 Å². The summed E-state index contributed by atoms with van der Waals surface area (Å²) in [6.45, 7) is 9.02. The molecule has 1 atom stereocenters. The van der Waals surface area contributed by atoms with Gasteiger partial charge in [-0.2, -0.15) is 0 Å². The van der Waals surface area contributed by atoms with Crippen molar-refractivity contribution in [1.29, 1.82) is 0 Å². The van der Waals surface area contributed by atoms with Crippen LogP contribution in [0.2, 0.25) is 0 Å². The van der Waals surface area contributed by atoms with Gasteiger partial charge in [0.05, 0.1) is 25.5 Å². The highest BCUT2D eigenvalue weighted by atomic mass is 31.2. The lowest BCUT2D eigenvalue weighted by atomic mass is 10.3. The smallest absolute Gasteiger partial charge is 0.333 e. The molecular formula is C13H25O6P. The van der Waals surface area contributed by atoms with Gasteiger partial charge in [0.1, 0.15) is 6.61 Å². The fourth-order valence-electron chi connectivity index (χ4n) is 1.21. The summed E-state index contributed by atoms with van der Waals surface area (Å²) in [6, 6.07) is 0. The van der Waals surface area contributed by atoms with Crippen LogP contribution in [-0.2, 0) is 23.1 Å². The van der Waals surface area contributed by atoms with Crippen LogP contribution in [-0.4, -0.2) is 43.2 Å². The molecular weight excluding hydrogens is 283 g/mol. The first-order valence-corrected chi connectivity index (χ1v) is 8.46. The van der Waals surface area contributed by atoms with E-state index in [1.54, 1.807) is 0 Å². The number of rotatable bonds is 11. The number of carbonyl (C=O) groups is 1. The van der Waals surface area contributed by atoms with E-state index in [0.29, 0.717) is 26.1 Å². The van der Waals surface area contributed by atoms with Crippen LogP contribution in [0.3, 0.4) is 0 Å². The molecule has 0 bridgehead atoms. The molecule has 0 aromatic carbocycles. The Kier molecular flexibility index (Phi) is 9.76. The van der Waals surface area contributed by atoms with E-state index in [9.17, 15) is 14.5 Å². The minimum atomic E-state index is -3.36. The van der Waals surface area contributed by atoms with Crippen LogP contribution in [0.25, 0.3) is 0 Å². The van der Waals surface area contributed by atoms with Crippen LogP contribution in [0, 0.1) is 0 Å². The zero-order valence-electron chi connectivity index (χ0n) is 12.5. The van der Waals surface area contributed by atoms with E-state index in [0.717, 1.165) is 0 Å². The Balaban J connectivity index is 4.37. The molecule has 6 nitrogen and oxygen atoms in total. The van der Waals surface area contributed by atoms with Crippen molar-refractivity contribution in [1.82, 2.24) is 0 Å². The van der Waals surface area contributed by atoms with Crippen LogP contribution >= 0.6 is 7.60 Å². The van der Waals surface area contributed by atoms with Crippen LogP contribution < -0.4 is 0 Å². The van der Waals surface area contributed by atoms with Crippen molar-refractivity contribution in [2.24, 2.45) is 0 Å². The predicted octanol–water partition coefficient (Wildman–Crippen LogP) is 2.51. The number of hydrogen-bond acceptors (Lipinski definition) is 6. The molecule has 0 heterocycles. The number of carbonyl (C=O) groups excluding carboxylic acids is 1. The Labute approximate surface area is 120 Å². The Bertz CT molecular complexity index is 343. The zero-order valence-corrected chi connectivity index (χ0v) is 13.4. The highest BCUT2D eigenvalue weighted by molar-refractivity contribution is 7.53. The van der Waals surface area contributed by atoms with E-state index in [2.05, 4.69) is 6.58 Å². The SMILES string of the molecule is C=C(C)C(=O)OCC(O)CP(=O)(OCCC)OCCC. The van der Waals surface area contributed by atoms with Gasteiger partial charge in [0, 0.05) is 5.57 Å². The second-order valence-corrected chi connectivity index (χ2v) is 6.60. The molecule has 1 N–H and O–H groups in total. The van der Waals surface area contributed by atoms with E-state index < -0.39 is 19.7 Å². The first-order chi connectivity index (χ1) is 9.34. The summed E-state index contributed by atoms with van der Waals surface area (Å²) >= 11 is 0. The zero-order chi connectivity index (χ0) is 15.6. The number of aliphatic hydroxyl groups is 1. The van der Waals surface area contributed by atoms with E-state index in [1.165, 1.54) is 6.92 Å².